The maximum absolute atomic E-state index is 13.2. The minimum atomic E-state index is -4.26. The van der Waals surface area contributed by atoms with Crippen LogP contribution in [0.2, 0.25) is 0 Å². The van der Waals surface area contributed by atoms with E-state index in [0.717, 1.165) is 25.7 Å². The standard InChI is InChI=1S/C15H20F3N/c1-11(12-7-5-6-8-12)19-14(15(16,17)18)13-9-3-2-4-10-13/h2-4,9-12,14,19H,5-8H2,1H3/t11-,14?/m0/s1. The average molecular weight is 271 g/mol. The molecule has 0 bridgehead atoms. The number of alkyl halides is 3. The van der Waals surface area contributed by atoms with Crippen molar-refractivity contribution in [2.75, 3.05) is 0 Å². The van der Waals surface area contributed by atoms with E-state index < -0.39 is 12.2 Å². The van der Waals surface area contributed by atoms with Gasteiger partial charge in [0.1, 0.15) is 6.04 Å². The van der Waals surface area contributed by atoms with E-state index in [1.54, 1.807) is 18.2 Å². The molecule has 1 aliphatic rings. The summed E-state index contributed by atoms with van der Waals surface area (Å²) < 4.78 is 39.6. The van der Waals surface area contributed by atoms with Crippen molar-refractivity contribution in [3.8, 4) is 0 Å². The molecule has 2 rings (SSSR count). The summed E-state index contributed by atoms with van der Waals surface area (Å²) in [7, 11) is 0. The van der Waals surface area contributed by atoms with Gasteiger partial charge in [-0.05, 0) is 31.2 Å². The molecule has 0 spiro atoms. The van der Waals surface area contributed by atoms with Crippen LogP contribution in [0.5, 0.6) is 0 Å². The van der Waals surface area contributed by atoms with Crippen molar-refractivity contribution in [1.82, 2.24) is 5.32 Å². The maximum atomic E-state index is 13.2. The lowest BCUT2D eigenvalue weighted by molar-refractivity contribution is -0.160. The Balaban J connectivity index is 2.10. The lowest BCUT2D eigenvalue weighted by Crippen LogP contribution is -2.42. The zero-order valence-electron chi connectivity index (χ0n) is 11.1. The Morgan fingerprint density at radius 3 is 2.21 bits per heavy atom. The third-order valence-electron chi connectivity index (χ3n) is 4.00. The molecule has 1 aromatic carbocycles. The molecule has 1 nitrogen and oxygen atoms in total. The van der Waals surface area contributed by atoms with Crippen LogP contribution >= 0.6 is 0 Å². The molecule has 1 unspecified atom stereocenters. The minimum Gasteiger partial charge on any atom is -0.300 e. The van der Waals surface area contributed by atoms with Crippen LogP contribution in [-0.4, -0.2) is 12.2 Å². The lowest BCUT2D eigenvalue weighted by atomic mass is 9.97. The Kier molecular flexibility index (Phi) is 4.50. The molecular formula is C15H20F3N. The molecule has 1 saturated carbocycles. The first-order chi connectivity index (χ1) is 8.98. The Hall–Kier alpha value is -1.03. The number of benzene rings is 1. The molecule has 0 aliphatic heterocycles. The average Bonchev–Trinajstić information content (AvgIpc) is 2.89. The molecule has 1 N–H and O–H groups in total. The Morgan fingerprint density at radius 2 is 1.68 bits per heavy atom. The fourth-order valence-electron chi connectivity index (χ4n) is 2.88. The monoisotopic (exact) mass is 271 g/mol. The summed E-state index contributed by atoms with van der Waals surface area (Å²) in [5.74, 6) is 0.369. The first-order valence-electron chi connectivity index (χ1n) is 6.86. The quantitative estimate of drug-likeness (QED) is 0.852. The first kappa shape index (κ1) is 14.4. The van der Waals surface area contributed by atoms with Crippen LogP contribution in [0.25, 0.3) is 0 Å². The van der Waals surface area contributed by atoms with Crippen molar-refractivity contribution in [3.63, 3.8) is 0 Å². The summed E-state index contributed by atoms with van der Waals surface area (Å²) in [5.41, 5.74) is 0.292. The van der Waals surface area contributed by atoms with E-state index >= 15 is 0 Å². The predicted molar refractivity (Wildman–Crippen MR) is 69.8 cm³/mol. The van der Waals surface area contributed by atoms with Gasteiger partial charge in [0, 0.05) is 6.04 Å². The van der Waals surface area contributed by atoms with Crippen LogP contribution < -0.4 is 5.32 Å². The van der Waals surface area contributed by atoms with E-state index in [1.165, 1.54) is 12.1 Å². The normalized spacial score (nSPS) is 20.4. The third kappa shape index (κ3) is 3.72. The summed E-state index contributed by atoms with van der Waals surface area (Å²) in [4.78, 5) is 0. The van der Waals surface area contributed by atoms with E-state index in [9.17, 15) is 13.2 Å². The predicted octanol–water partition coefficient (Wildman–Crippen LogP) is 4.46. The summed E-state index contributed by atoms with van der Waals surface area (Å²) >= 11 is 0. The molecule has 1 aromatic rings. The molecule has 0 heterocycles. The van der Waals surface area contributed by atoms with Crippen molar-refractivity contribution >= 4 is 0 Å². The van der Waals surface area contributed by atoms with Gasteiger partial charge >= 0.3 is 6.18 Å². The number of hydrogen-bond donors (Lipinski definition) is 1. The van der Waals surface area contributed by atoms with Gasteiger partial charge in [-0.25, -0.2) is 0 Å². The Labute approximate surface area is 112 Å². The van der Waals surface area contributed by atoms with E-state index in [0.29, 0.717) is 11.5 Å². The molecule has 0 amide bonds. The largest absolute Gasteiger partial charge is 0.407 e. The Bertz CT molecular complexity index is 382. The van der Waals surface area contributed by atoms with Crippen molar-refractivity contribution < 1.29 is 13.2 Å². The van der Waals surface area contributed by atoms with Gasteiger partial charge in [0.15, 0.2) is 0 Å². The molecule has 1 fully saturated rings. The van der Waals surface area contributed by atoms with Crippen LogP contribution in [0, 0.1) is 5.92 Å². The highest BCUT2D eigenvalue weighted by Gasteiger charge is 2.42. The fourth-order valence-corrected chi connectivity index (χ4v) is 2.88. The molecule has 106 valence electrons. The van der Waals surface area contributed by atoms with Crippen LogP contribution in [0.1, 0.15) is 44.2 Å². The second-order valence-electron chi connectivity index (χ2n) is 5.39. The van der Waals surface area contributed by atoms with E-state index in [-0.39, 0.29) is 6.04 Å². The van der Waals surface area contributed by atoms with Crippen LogP contribution in [0.3, 0.4) is 0 Å². The van der Waals surface area contributed by atoms with Crippen molar-refractivity contribution in [2.45, 2.75) is 50.9 Å². The second kappa shape index (κ2) is 5.95. The summed E-state index contributed by atoms with van der Waals surface area (Å²) in [6.45, 7) is 1.87. The van der Waals surface area contributed by atoms with E-state index in [4.69, 9.17) is 0 Å². The SMILES string of the molecule is C[C@H](NC(c1ccccc1)C(F)(F)F)C1CCCC1. The first-order valence-corrected chi connectivity index (χ1v) is 6.86. The fraction of sp³-hybridized carbons (Fsp3) is 0.600. The van der Waals surface area contributed by atoms with Gasteiger partial charge in [0.25, 0.3) is 0 Å². The molecule has 4 heteroatoms. The van der Waals surface area contributed by atoms with E-state index in [1.807, 2.05) is 6.92 Å². The Morgan fingerprint density at radius 1 is 1.11 bits per heavy atom. The maximum Gasteiger partial charge on any atom is 0.407 e. The molecule has 1 aliphatic carbocycles. The molecule has 2 atom stereocenters. The number of rotatable bonds is 4. The van der Waals surface area contributed by atoms with Crippen LogP contribution in [-0.2, 0) is 0 Å². The molecule has 0 saturated heterocycles. The highest BCUT2D eigenvalue weighted by atomic mass is 19.4. The highest BCUT2D eigenvalue weighted by Crippen LogP contribution is 2.35. The zero-order chi connectivity index (χ0) is 13.9. The van der Waals surface area contributed by atoms with Crippen LogP contribution in [0.4, 0.5) is 13.2 Å². The van der Waals surface area contributed by atoms with Crippen molar-refractivity contribution in [1.29, 1.82) is 0 Å². The van der Waals surface area contributed by atoms with Crippen LogP contribution in [0.15, 0.2) is 30.3 Å². The smallest absolute Gasteiger partial charge is 0.300 e. The number of nitrogens with one attached hydrogen (secondary N) is 1. The van der Waals surface area contributed by atoms with Gasteiger partial charge in [-0.3, -0.25) is 5.32 Å². The molecule has 0 aromatic heterocycles. The molecular weight excluding hydrogens is 251 g/mol. The van der Waals surface area contributed by atoms with Gasteiger partial charge in [-0.15, -0.1) is 0 Å². The summed E-state index contributed by atoms with van der Waals surface area (Å²) in [5, 5.41) is 2.79. The van der Waals surface area contributed by atoms with Crippen molar-refractivity contribution in [2.24, 2.45) is 5.92 Å². The lowest BCUT2D eigenvalue weighted by Gasteiger charge is -2.29. The number of hydrogen-bond acceptors (Lipinski definition) is 1. The molecule has 0 radical (unpaired) electrons. The summed E-state index contributed by atoms with van der Waals surface area (Å²) in [6, 6.07) is 6.43. The highest BCUT2D eigenvalue weighted by molar-refractivity contribution is 5.20. The minimum absolute atomic E-state index is 0.102. The molecule has 19 heavy (non-hydrogen) atoms. The van der Waals surface area contributed by atoms with E-state index in [2.05, 4.69) is 5.32 Å². The summed E-state index contributed by atoms with van der Waals surface area (Å²) in [6.07, 6.45) is 0.0900. The van der Waals surface area contributed by atoms with Gasteiger partial charge in [0.05, 0.1) is 0 Å². The third-order valence-corrected chi connectivity index (χ3v) is 4.00. The van der Waals surface area contributed by atoms with Gasteiger partial charge < -0.3 is 0 Å². The second-order valence-corrected chi connectivity index (χ2v) is 5.39. The van der Waals surface area contributed by atoms with Gasteiger partial charge in [-0.1, -0.05) is 43.2 Å². The topological polar surface area (TPSA) is 12.0 Å². The number of halogens is 3. The van der Waals surface area contributed by atoms with Gasteiger partial charge in [0.2, 0.25) is 0 Å². The zero-order valence-corrected chi connectivity index (χ0v) is 11.1. The van der Waals surface area contributed by atoms with Crippen molar-refractivity contribution in [3.05, 3.63) is 35.9 Å². The van der Waals surface area contributed by atoms with Gasteiger partial charge in [-0.2, -0.15) is 13.2 Å².